The summed E-state index contributed by atoms with van der Waals surface area (Å²) in [6.45, 7) is 3.50. The zero-order valence-corrected chi connectivity index (χ0v) is 13.2. The van der Waals surface area contributed by atoms with Gasteiger partial charge < -0.3 is 10.4 Å². The Hall–Kier alpha value is -2.81. The number of phenolic OH excluding ortho intramolecular Hbond substituents is 1. The summed E-state index contributed by atoms with van der Waals surface area (Å²) in [5.74, 6) is 0.0521. The summed E-state index contributed by atoms with van der Waals surface area (Å²) in [7, 11) is 0. The fourth-order valence-electron chi connectivity index (χ4n) is 3.01. The Morgan fingerprint density at radius 1 is 1.00 bits per heavy atom. The standard InChI is InChI=1S/C20H19NO2/c1-13-7-3-5-9-16(13)20(21-14(2)22)19-17-10-6-4-8-15(17)11-12-18(19)23/h3-12,20,23H,1-2H3,(H,21,22). The van der Waals surface area contributed by atoms with Crippen LogP contribution < -0.4 is 5.32 Å². The maximum Gasteiger partial charge on any atom is 0.217 e. The van der Waals surface area contributed by atoms with E-state index in [1.807, 2.05) is 61.5 Å². The minimum atomic E-state index is -0.389. The number of aromatic hydroxyl groups is 1. The molecule has 23 heavy (non-hydrogen) atoms. The van der Waals surface area contributed by atoms with E-state index in [1.165, 1.54) is 6.92 Å². The van der Waals surface area contributed by atoms with Gasteiger partial charge in [0.15, 0.2) is 0 Å². The van der Waals surface area contributed by atoms with E-state index in [4.69, 9.17) is 0 Å². The van der Waals surface area contributed by atoms with Crippen molar-refractivity contribution in [3.63, 3.8) is 0 Å². The van der Waals surface area contributed by atoms with Crippen molar-refractivity contribution < 1.29 is 9.90 Å². The first-order valence-electron chi connectivity index (χ1n) is 7.61. The van der Waals surface area contributed by atoms with Crippen LogP contribution in [0.25, 0.3) is 10.8 Å². The fraction of sp³-hybridized carbons (Fsp3) is 0.150. The summed E-state index contributed by atoms with van der Waals surface area (Å²) in [6.07, 6.45) is 0. The fourth-order valence-corrected chi connectivity index (χ4v) is 3.01. The molecule has 1 amide bonds. The van der Waals surface area contributed by atoms with E-state index in [-0.39, 0.29) is 17.7 Å². The zero-order chi connectivity index (χ0) is 16.4. The van der Waals surface area contributed by atoms with Gasteiger partial charge in [-0.3, -0.25) is 4.79 Å². The number of hydrogen-bond donors (Lipinski definition) is 2. The molecule has 0 radical (unpaired) electrons. The van der Waals surface area contributed by atoms with Gasteiger partial charge in [-0.2, -0.15) is 0 Å². The number of amides is 1. The SMILES string of the molecule is CC(=O)NC(c1ccccc1C)c1c(O)ccc2ccccc12. The molecule has 0 aliphatic heterocycles. The van der Waals surface area contributed by atoms with Gasteiger partial charge in [-0.15, -0.1) is 0 Å². The predicted octanol–water partition coefficient (Wildman–Crippen LogP) is 4.08. The molecular formula is C20H19NO2. The van der Waals surface area contributed by atoms with Crippen LogP contribution in [0, 0.1) is 6.92 Å². The smallest absolute Gasteiger partial charge is 0.217 e. The summed E-state index contributed by atoms with van der Waals surface area (Å²) >= 11 is 0. The number of rotatable bonds is 3. The molecule has 0 aromatic heterocycles. The molecule has 0 aliphatic rings. The van der Waals surface area contributed by atoms with Gasteiger partial charge in [0.1, 0.15) is 5.75 Å². The molecule has 1 unspecified atom stereocenters. The molecule has 3 aromatic carbocycles. The van der Waals surface area contributed by atoms with Crippen LogP contribution in [0.4, 0.5) is 0 Å². The van der Waals surface area contributed by atoms with Gasteiger partial charge in [0, 0.05) is 12.5 Å². The number of nitrogens with one attached hydrogen (secondary N) is 1. The molecule has 0 aliphatic carbocycles. The molecule has 0 saturated heterocycles. The summed E-state index contributed by atoms with van der Waals surface area (Å²) in [5, 5.41) is 15.5. The van der Waals surface area contributed by atoms with Gasteiger partial charge >= 0.3 is 0 Å². The van der Waals surface area contributed by atoms with E-state index in [0.29, 0.717) is 0 Å². The third-order valence-corrected chi connectivity index (χ3v) is 4.08. The lowest BCUT2D eigenvalue weighted by Gasteiger charge is -2.23. The van der Waals surface area contributed by atoms with Crippen molar-refractivity contribution in [2.45, 2.75) is 19.9 Å². The van der Waals surface area contributed by atoms with Crippen molar-refractivity contribution in [1.29, 1.82) is 0 Å². The Morgan fingerprint density at radius 3 is 2.43 bits per heavy atom. The molecule has 0 saturated carbocycles. The van der Waals surface area contributed by atoms with Crippen molar-refractivity contribution in [2.75, 3.05) is 0 Å². The second kappa shape index (κ2) is 6.13. The number of aryl methyl sites for hydroxylation is 1. The highest BCUT2D eigenvalue weighted by Crippen LogP contribution is 2.36. The Kier molecular flexibility index (Phi) is 4.02. The lowest BCUT2D eigenvalue weighted by Crippen LogP contribution is -2.27. The van der Waals surface area contributed by atoms with E-state index in [1.54, 1.807) is 6.07 Å². The molecule has 3 aromatic rings. The first-order valence-corrected chi connectivity index (χ1v) is 7.61. The first-order chi connectivity index (χ1) is 11.1. The maximum absolute atomic E-state index is 11.8. The van der Waals surface area contributed by atoms with Crippen LogP contribution in [0.1, 0.15) is 29.7 Å². The van der Waals surface area contributed by atoms with Gasteiger partial charge in [0.2, 0.25) is 5.91 Å². The minimum Gasteiger partial charge on any atom is -0.508 e. The van der Waals surface area contributed by atoms with Gasteiger partial charge in [0.05, 0.1) is 6.04 Å². The summed E-state index contributed by atoms with van der Waals surface area (Å²) in [6, 6.07) is 19.0. The Balaban J connectivity index is 2.28. The molecule has 0 fully saturated rings. The number of phenols is 1. The van der Waals surface area contributed by atoms with E-state index in [2.05, 4.69) is 5.32 Å². The highest BCUT2D eigenvalue weighted by Gasteiger charge is 2.22. The molecule has 0 heterocycles. The van der Waals surface area contributed by atoms with Crippen LogP contribution in [0.2, 0.25) is 0 Å². The number of fused-ring (bicyclic) bond motifs is 1. The summed E-state index contributed by atoms with van der Waals surface area (Å²) < 4.78 is 0. The van der Waals surface area contributed by atoms with Crippen molar-refractivity contribution in [1.82, 2.24) is 5.32 Å². The molecule has 0 spiro atoms. The molecule has 2 N–H and O–H groups in total. The average Bonchev–Trinajstić information content (AvgIpc) is 2.53. The van der Waals surface area contributed by atoms with E-state index >= 15 is 0 Å². The van der Waals surface area contributed by atoms with E-state index < -0.39 is 0 Å². The second-order valence-corrected chi connectivity index (χ2v) is 5.71. The van der Waals surface area contributed by atoms with Gasteiger partial charge in [-0.05, 0) is 34.9 Å². The first kappa shape index (κ1) is 15.1. The largest absolute Gasteiger partial charge is 0.508 e. The monoisotopic (exact) mass is 305 g/mol. The highest BCUT2D eigenvalue weighted by molar-refractivity contribution is 5.89. The maximum atomic E-state index is 11.8. The second-order valence-electron chi connectivity index (χ2n) is 5.71. The van der Waals surface area contributed by atoms with Gasteiger partial charge in [-0.25, -0.2) is 0 Å². The van der Waals surface area contributed by atoms with Crippen molar-refractivity contribution in [3.8, 4) is 5.75 Å². The van der Waals surface area contributed by atoms with Gasteiger partial charge in [-0.1, -0.05) is 54.6 Å². The van der Waals surface area contributed by atoms with Crippen LogP contribution in [0.3, 0.4) is 0 Å². The van der Waals surface area contributed by atoms with Crippen molar-refractivity contribution in [2.24, 2.45) is 0 Å². The van der Waals surface area contributed by atoms with E-state index in [0.717, 1.165) is 27.5 Å². The van der Waals surface area contributed by atoms with Crippen molar-refractivity contribution in [3.05, 3.63) is 77.4 Å². The molecule has 3 nitrogen and oxygen atoms in total. The quantitative estimate of drug-likeness (QED) is 0.766. The lowest BCUT2D eigenvalue weighted by molar-refractivity contribution is -0.119. The van der Waals surface area contributed by atoms with Crippen LogP contribution in [0.5, 0.6) is 5.75 Å². The van der Waals surface area contributed by atoms with Gasteiger partial charge in [0.25, 0.3) is 0 Å². The average molecular weight is 305 g/mol. The molecule has 116 valence electrons. The topological polar surface area (TPSA) is 49.3 Å². The summed E-state index contributed by atoms with van der Waals surface area (Å²) in [4.78, 5) is 11.8. The number of benzene rings is 3. The van der Waals surface area contributed by atoms with Crippen LogP contribution in [-0.2, 0) is 4.79 Å². The third-order valence-electron chi connectivity index (χ3n) is 4.08. The minimum absolute atomic E-state index is 0.134. The molecule has 3 rings (SSSR count). The number of carbonyl (C=O) groups is 1. The van der Waals surface area contributed by atoms with E-state index in [9.17, 15) is 9.90 Å². The highest BCUT2D eigenvalue weighted by atomic mass is 16.3. The van der Waals surface area contributed by atoms with Crippen LogP contribution in [0.15, 0.2) is 60.7 Å². The Bertz CT molecular complexity index is 870. The third kappa shape index (κ3) is 2.90. The number of carbonyl (C=O) groups excluding carboxylic acids is 1. The van der Waals surface area contributed by atoms with Crippen LogP contribution >= 0.6 is 0 Å². The lowest BCUT2D eigenvalue weighted by atomic mass is 9.90. The Labute approximate surface area is 135 Å². The van der Waals surface area contributed by atoms with Crippen molar-refractivity contribution >= 4 is 16.7 Å². The molecule has 0 bridgehead atoms. The summed E-state index contributed by atoms with van der Waals surface area (Å²) in [5.41, 5.74) is 2.78. The zero-order valence-electron chi connectivity index (χ0n) is 13.2. The predicted molar refractivity (Wildman–Crippen MR) is 92.5 cm³/mol. The molecular weight excluding hydrogens is 286 g/mol. The Morgan fingerprint density at radius 2 is 1.70 bits per heavy atom. The number of hydrogen-bond acceptors (Lipinski definition) is 2. The molecule has 1 atom stereocenters. The van der Waals surface area contributed by atoms with Crippen LogP contribution in [-0.4, -0.2) is 11.0 Å². The molecule has 3 heteroatoms. The normalized spacial score (nSPS) is 12.1.